The lowest BCUT2D eigenvalue weighted by atomic mass is 10.1. The van der Waals surface area contributed by atoms with E-state index < -0.39 is 17.2 Å². The molecule has 2 aromatic carbocycles. The minimum atomic E-state index is -0.695. The maximum Gasteiger partial charge on any atom is 0.330 e. The van der Waals surface area contributed by atoms with Gasteiger partial charge in [0.2, 0.25) is 0 Å². The van der Waals surface area contributed by atoms with Crippen LogP contribution in [0.15, 0.2) is 82.6 Å². The second kappa shape index (κ2) is 10.7. The molecule has 0 atom stereocenters. The lowest BCUT2D eigenvalue weighted by Crippen LogP contribution is -2.41. The molecule has 2 aromatic heterocycles. The Morgan fingerprint density at radius 2 is 1.77 bits per heavy atom. The summed E-state index contributed by atoms with van der Waals surface area (Å²) in [5, 5.41) is 4.20. The molecule has 0 fully saturated rings. The fraction of sp³-hybridized carbons (Fsp3) is 0.231. The van der Waals surface area contributed by atoms with Crippen LogP contribution in [-0.2, 0) is 19.6 Å². The third-order valence-electron chi connectivity index (χ3n) is 5.75. The molecule has 0 unspecified atom stereocenters. The zero-order valence-corrected chi connectivity index (χ0v) is 19.6. The number of nitrogens with two attached hydrogens (primary N) is 1. The summed E-state index contributed by atoms with van der Waals surface area (Å²) in [4.78, 5) is 42.7. The summed E-state index contributed by atoms with van der Waals surface area (Å²) >= 11 is 0. The number of nitrogens with one attached hydrogen (secondary N) is 1. The van der Waals surface area contributed by atoms with Gasteiger partial charge >= 0.3 is 5.69 Å². The van der Waals surface area contributed by atoms with Crippen molar-refractivity contribution in [3.63, 3.8) is 0 Å². The smallest absolute Gasteiger partial charge is 0.330 e. The highest BCUT2D eigenvalue weighted by molar-refractivity contribution is 6.07. The molecule has 4 rings (SSSR count). The number of nitrogens with zero attached hydrogens (tertiary/aromatic N) is 4. The van der Waals surface area contributed by atoms with Gasteiger partial charge in [-0.25, -0.2) is 4.79 Å². The van der Waals surface area contributed by atoms with Gasteiger partial charge in [0.25, 0.3) is 11.5 Å². The molecule has 0 bridgehead atoms. The van der Waals surface area contributed by atoms with E-state index >= 15 is 0 Å². The van der Waals surface area contributed by atoms with Crippen molar-refractivity contribution in [2.75, 3.05) is 10.6 Å². The number of amides is 1. The number of aromatic amines is 1. The van der Waals surface area contributed by atoms with Gasteiger partial charge in [0, 0.05) is 24.5 Å². The van der Waals surface area contributed by atoms with Crippen LogP contribution < -0.4 is 21.9 Å². The van der Waals surface area contributed by atoms with Crippen LogP contribution in [0.1, 0.15) is 41.3 Å². The molecule has 180 valence electrons. The van der Waals surface area contributed by atoms with Crippen LogP contribution in [0.3, 0.4) is 0 Å². The Kier molecular flexibility index (Phi) is 7.25. The molecule has 0 spiro atoms. The van der Waals surface area contributed by atoms with Crippen LogP contribution in [0.4, 0.5) is 11.5 Å². The molecule has 0 aliphatic carbocycles. The van der Waals surface area contributed by atoms with Crippen LogP contribution in [0.25, 0.3) is 0 Å². The molecule has 0 aliphatic rings. The van der Waals surface area contributed by atoms with Crippen molar-refractivity contribution < 1.29 is 4.79 Å². The molecule has 0 saturated carbocycles. The van der Waals surface area contributed by atoms with Gasteiger partial charge in [0.05, 0.1) is 13.1 Å². The molecule has 0 aliphatic heterocycles. The second-order valence-electron chi connectivity index (χ2n) is 8.28. The molecule has 9 heteroatoms. The van der Waals surface area contributed by atoms with Crippen LogP contribution in [0, 0.1) is 0 Å². The predicted molar refractivity (Wildman–Crippen MR) is 135 cm³/mol. The van der Waals surface area contributed by atoms with Crippen molar-refractivity contribution in [1.29, 1.82) is 0 Å². The Bertz CT molecular complexity index is 1390. The standard InChI is InChI=1S/C26H28N6O3/c1-2-3-16-31-23(27)22(24(33)29-26(31)35)32(18-19-8-5-4-6-9-19)25(34)21-12-10-20(11-13-21)17-30-15-7-14-28-30/h4-15H,2-3,16-18,27H2,1H3,(H,29,33,35). The highest BCUT2D eigenvalue weighted by Crippen LogP contribution is 2.23. The summed E-state index contributed by atoms with van der Waals surface area (Å²) in [5.74, 6) is -0.413. The lowest BCUT2D eigenvalue weighted by molar-refractivity contribution is 0.0984. The molecule has 35 heavy (non-hydrogen) atoms. The number of unbranched alkanes of at least 4 members (excludes halogenated alkanes) is 1. The number of benzene rings is 2. The van der Waals surface area contributed by atoms with E-state index in [1.165, 1.54) is 9.47 Å². The third kappa shape index (κ3) is 5.40. The molecule has 2 heterocycles. The average molecular weight is 473 g/mol. The maximum atomic E-state index is 13.7. The van der Waals surface area contributed by atoms with Crippen molar-refractivity contribution in [2.24, 2.45) is 0 Å². The van der Waals surface area contributed by atoms with Gasteiger partial charge in [-0.05, 0) is 35.7 Å². The number of hydrogen-bond donors (Lipinski definition) is 2. The molecular formula is C26H28N6O3. The topological polar surface area (TPSA) is 119 Å². The minimum absolute atomic E-state index is 0.0215. The van der Waals surface area contributed by atoms with E-state index in [0.717, 1.165) is 17.5 Å². The van der Waals surface area contributed by atoms with Crippen LogP contribution in [0.5, 0.6) is 0 Å². The second-order valence-corrected chi connectivity index (χ2v) is 8.28. The van der Waals surface area contributed by atoms with Gasteiger partial charge in [-0.1, -0.05) is 55.8 Å². The highest BCUT2D eigenvalue weighted by Gasteiger charge is 2.25. The van der Waals surface area contributed by atoms with Crippen LogP contribution in [0.2, 0.25) is 0 Å². The van der Waals surface area contributed by atoms with Crippen molar-refractivity contribution in [2.45, 2.75) is 39.4 Å². The molecule has 4 aromatic rings. The number of aromatic nitrogens is 4. The van der Waals surface area contributed by atoms with E-state index in [4.69, 9.17) is 5.73 Å². The Morgan fingerprint density at radius 3 is 2.43 bits per heavy atom. The normalized spacial score (nSPS) is 10.9. The predicted octanol–water partition coefficient (Wildman–Crippen LogP) is 3.01. The third-order valence-corrected chi connectivity index (χ3v) is 5.75. The van der Waals surface area contributed by atoms with E-state index in [1.807, 2.05) is 61.7 Å². The van der Waals surface area contributed by atoms with Crippen molar-refractivity contribution in [3.8, 4) is 0 Å². The SMILES string of the molecule is CCCCn1c(N)c(N(Cc2ccccc2)C(=O)c2ccc(Cn3cccn3)cc2)c(=O)[nH]c1=O. The summed E-state index contributed by atoms with van der Waals surface area (Å²) < 4.78 is 3.11. The van der Waals surface area contributed by atoms with E-state index in [-0.39, 0.29) is 18.1 Å². The van der Waals surface area contributed by atoms with Gasteiger partial charge in [-0.15, -0.1) is 0 Å². The van der Waals surface area contributed by atoms with Gasteiger partial charge in [0.1, 0.15) is 5.82 Å². The first kappa shape index (κ1) is 23.7. The van der Waals surface area contributed by atoms with E-state index in [2.05, 4.69) is 10.1 Å². The fourth-order valence-corrected chi connectivity index (χ4v) is 3.88. The number of H-pyrrole nitrogens is 1. The summed E-state index contributed by atoms with van der Waals surface area (Å²) in [6, 6.07) is 18.3. The summed E-state index contributed by atoms with van der Waals surface area (Å²) in [7, 11) is 0. The van der Waals surface area contributed by atoms with Crippen LogP contribution >= 0.6 is 0 Å². The first-order valence-electron chi connectivity index (χ1n) is 11.5. The van der Waals surface area contributed by atoms with Crippen molar-refractivity contribution in [1.82, 2.24) is 19.3 Å². The summed E-state index contributed by atoms with van der Waals surface area (Å²) in [6.45, 7) is 3.04. The van der Waals surface area contributed by atoms with Gasteiger partial charge in [-0.2, -0.15) is 5.10 Å². The summed E-state index contributed by atoms with van der Waals surface area (Å²) in [5.41, 5.74) is 7.22. The van der Waals surface area contributed by atoms with E-state index in [9.17, 15) is 14.4 Å². The van der Waals surface area contributed by atoms with Gasteiger partial charge in [0.15, 0.2) is 5.69 Å². The van der Waals surface area contributed by atoms with E-state index in [0.29, 0.717) is 25.1 Å². The van der Waals surface area contributed by atoms with Crippen molar-refractivity contribution in [3.05, 3.63) is 111 Å². The molecule has 9 nitrogen and oxygen atoms in total. The van der Waals surface area contributed by atoms with E-state index in [1.54, 1.807) is 23.0 Å². The zero-order chi connectivity index (χ0) is 24.8. The number of carbonyl (C=O) groups excluding carboxylic acids is 1. The highest BCUT2D eigenvalue weighted by atomic mass is 16.2. The number of rotatable bonds is 9. The largest absolute Gasteiger partial charge is 0.383 e. The quantitative estimate of drug-likeness (QED) is 0.388. The number of hydrogen-bond acceptors (Lipinski definition) is 5. The first-order valence-corrected chi connectivity index (χ1v) is 11.5. The average Bonchev–Trinajstić information content (AvgIpc) is 3.37. The molecular weight excluding hydrogens is 444 g/mol. The van der Waals surface area contributed by atoms with Gasteiger partial charge < -0.3 is 5.73 Å². The minimum Gasteiger partial charge on any atom is -0.383 e. The summed E-state index contributed by atoms with van der Waals surface area (Å²) in [6.07, 6.45) is 5.13. The van der Waals surface area contributed by atoms with Crippen LogP contribution in [-0.4, -0.2) is 25.2 Å². The van der Waals surface area contributed by atoms with Crippen molar-refractivity contribution >= 4 is 17.4 Å². The molecule has 1 amide bonds. The molecule has 0 radical (unpaired) electrons. The number of nitrogen functional groups attached to an aromatic ring is 1. The van der Waals surface area contributed by atoms with Gasteiger partial charge in [-0.3, -0.25) is 28.7 Å². The Balaban J connectivity index is 1.73. The zero-order valence-electron chi connectivity index (χ0n) is 19.6. The maximum absolute atomic E-state index is 13.7. The first-order chi connectivity index (χ1) is 17.0. The lowest BCUT2D eigenvalue weighted by Gasteiger charge is -2.25. The Hall–Kier alpha value is -4.40. The Morgan fingerprint density at radius 1 is 1.03 bits per heavy atom. The monoisotopic (exact) mass is 472 g/mol. The number of carbonyl (C=O) groups is 1. The molecule has 0 saturated heterocycles. The fourth-order valence-electron chi connectivity index (χ4n) is 3.88. The number of anilines is 2. The Labute approximate surface area is 202 Å². The molecule has 3 N–H and O–H groups in total.